The Morgan fingerprint density at radius 2 is 2.05 bits per heavy atom. The van der Waals surface area contributed by atoms with Crippen LogP contribution in [0.1, 0.15) is 46.0 Å². The third-order valence-corrected chi connectivity index (χ3v) is 4.48. The minimum absolute atomic E-state index is 0.0111. The minimum Gasteiger partial charge on any atom is -0.379 e. The molecular formula is C16H30N4O. The molecule has 21 heavy (non-hydrogen) atoms. The van der Waals surface area contributed by atoms with Crippen LogP contribution in [0, 0.1) is 0 Å². The third-order valence-electron chi connectivity index (χ3n) is 4.48. The molecule has 5 nitrogen and oxygen atoms in total. The minimum atomic E-state index is 0.0111. The van der Waals surface area contributed by atoms with Gasteiger partial charge < -0.3 is 14.6 Å². The van der Waals surface area contributed by atoms with Crippen LogP contribution in [0.2, 0.25) is 0 Å². The zero-order valence-corrected chi connectivity index (χ0v) is 13.9. The maximum Gasteiger partial charge on any atom is 0.127 e. The van der Waals surface area contributed by atoms with E-state index in [2.05, 4.69) is 53.7 Å². The zero-order chi connectivity index (χ0) is 15.3. The fourth-order valence-corrected chi connectivity index (χ4v) is 3.12. The van der Waals surface area contributed by atoms with Gasteiger partial charge in [-0.1, -0.05) is 6.92 Å². The number of aromatic nitrogens is 2. The van der Waals surface area contributed by atoms with Gasteiger partial charge in [-0.15, -0.1) is 0 Å². The molecule has 5 heteroatoms. The monoisotopic (exact) mass is 294 g/mol. The molecule has 1 aromatic heterocycles. The van der Waals surface area contributed by atoms with Gasteiger partial charge in [0.15, 0.2) is 0 Å². The Bertz CT molecular complexity index is 424. The fraction of sp³-hybridized carbons (Fsp3) is 0.812. The van der Waals surface area contributed by atoms with Gasteiger partial charge in [0, 0.05) is 37.6 Å². The number of rotatable bonds is 7. The molecule has 1 aliphatic rings. The highest BCUT2D eigenvalue weighted by Crippen LogP contribution is 2.31. The predicted octanol–water partition coefficient (Wildman–Crippen LogP) is 2.05. The summed E-state index contributed by atoms with van der Waals surface area (Å²) < 4.78 is 7.75. The van der Waals surface area contributed by atoms with Crippen LogP contribution in [-0.4, -0.2) is 52.8 Å². The summed E-state index contributed by atoms with van der Waals surface area (Å²) in [6, 6.07) is 0.227. The van der Waals surface area contributed by atoms with Crippen molar-refractivity contribution in [2.75, 3.05) is 32.8 Å². The Morgan fingerprint density at radius 3 is 2.67 bits per heavy atom. The van der Waals surface area contributed by atoms with Crippen molar-refractivity contribution in [1.29, 1.82) is 0 Å². The molecule has 1 N–H and O–H groups in total. The molecule has 1 saturated heterocycles. The lowest BCUT2D eigenvalue weighted by Crippen LogP contribution is -2.56. The Morgan fingerprint density at radius 1 is 1.33 bits per heavy atom. The molecule has 1 unspecified atom stereocenters. The number of nitrogens with zero attached hydrogens (tertiary/aromatic N) is 3. The first kappa shape index (κ1) is 16.5. The Kier molecular flexibility index (Phi) is 5.79. The summed E-state index contributed by atoms with van der Waals surface area (Å²) in [7, 11) is 0. The van der Waals surface area contributed by atoms with Crippen LogP contribution in [0.25, 0.3) is 0 Å². The summed E-state index contributed by atoms with van der Waals surface area (Å²) in [5.41, 5.74) is 0.0111. The Hall–Kier alpha value is -0.910. The highest BCUT2D eigenvalue weighted by atomic mass is 16.5. The second-order valence-corrected chi connectivity index (χ2v) is 6.21. The van der Waals surface area contributed by atoms with E-state index in [4.69, 9.17) is 4.74 Å². The van der Waals surface area contributed by atoms with E-state index in [1.54, 1.807) is 0 Å². The molecule has 0 spiro atoms. The number of ether oxygens (including phenoxy) is 1. The SMILES string of the molecule is CCCNC(c1nccn1CC)C(C)(C)N1CCOCC1. The average molecular weight is 294 g/mol. The van der Waals surface area contributed by atoms with Crippen LogP contribution in [0.3, 0.4) is 0 Å². The Labute approximate surface area is 128 Å². The molecule has 0 aromatic carbocycles. The number of hydrogen-bond acceptors (Lipinski definition) is 4. The van der Waals surface area contributed by atoms with Crippen molar-refractivity contribution in [1.82, 2.24) is 19.8 Å². The molecule has 1 aromatic rings. The van der Waals surface area contributed by atoms with Gasteiger partial charge in [-0.05, 0) is 33.7 Å². The van der Waals surface area contributed by atoms with Crippen molar-refractivity contribution >= 4 is 0 Å². The molecule has 2 rings (SSSR count). The van der Waals surface area contributed by atoms with Crippen molar-refractivity contribution in [2.45, 2.75) is 52.2 Å². The van der Waals surface area contributed by atoms with Gasteiger partial charge in [0.05, 0.1) is 19.3 Å². The molecule has 2 heterocycles. The van der Waals surface area contributed by atoms with Gasteiger partial charge in [0.2, 0.25) is 0 Å². The van der Waals surface area contributed by atoms with E-state index in [0.717, 1.165) is 51.6 Å². The number of nitrogens with one attached hydrogen (secondary N) is 1. The molecule has 0 amide bonds. The Balaban J connectivity index is 2.25. The fourth-order valence-electron chi connectivity index (χ4n) is 3.12. The first-order valence-corrected chi connectivity index (χ1v) is 8.18. The van der Waals surface area contributed by atoms with Crippen LogP contribution in [0.4, 0.5) is 0 Å². The summed E-state index contributed by atoms with van der Waals surface area (Å²) in [5, 5.41) is 3.72. The van der Waals surface area contributed by atoms with Crippen molar-refractivity contribution in [3.05, 3.63) is 18.2 Å². The van der Waals surface area contributed by atoms with E-state index in [0.29, 0.717) is 0 Å². The lowest BCUT2D eigenvalue weighted by molar-refractivity contribution is -0.0253. The number of imidazole rings is 1. The first-order valence-electron chi connectivity index (χ1n) is 8.18. The lowest BCUT2D eigenvalue weighted by atomic mass is 9.90. The molecule has 1 aliphatic heterocycles. The van der Waals surface area contributed by atoms with Crippen LogP contribution in [-0.2, 0) is 11.3 Å². The lowest BCUT2D eigenvalue weighted by Gasteiger charge is -2.45. The average Bonchev–Trinajstić information content (AvgIpc) is 2.96. The summed E-state index contributed by atoms with van der Waals surface area (Å²) in [6.07, 6.45) is 5.11. The molecule has 0 bridgehead atoms. The molecule has 0 aliphatic carbocycles. The van der Waals surface area contributed by atoms with Crippen LogP contribution >= 0.6 is 0 Å². The molecule has 1 atom stereocenters. The predicted molar refractivity (Wildman–Crippen MR) is 85.4 cm³/mol. The normalized spacial score (nSPS) is 18.9. The smallest absolute Gasteiger partial charge is 0.127 e. The van der Waals surface area contributed by atoms with Crippen LogP contribution in [0.15, 0.2) is 12.4 Å². The van der Waals surface area contributed by atoms with Crippen LogP contribution in [0.5, 0.6) is 0 Å². The highest BCUT2D eigenvalue weighted by Gasteiger charge is 2.38. The molecule has 0 saturated carbocycles. The first-order chi connectivity index (χ1) is 10.1. The maximum absolute atomic E-state index is 5.51. The van der Waals surface area contributed by atoms with Gasteiger partial charge in [-0.3, -0.25) is 4.90 Å². The maximum atomic E-state index is 5.51. The topological polar surface area (TPSA) is 42.3 Å². The van der Waals surface area contributed by atoms with E-state index in [-0.39, 0.29) is 11.6 Å². The van der Waals surface area contributed by atoms with Gasteiger partial charge in [0.25, 0.3) is 0 Å². The molecule has 0 radical (unpaired) electrons. The van der Waals surface area contributed by atoms with Crippen molar-refractivity contribution in [2.24, 2.45) is 0 Å². The molecule has 1 fully saturated rings. The number of hydrogen-bond donors (Lipinski definition) is 1. The van der Waals surface area contributed by atoms with E-state index < -0.39 is 0 Å². The van der Waals surface area contributed by atoms with E-state index >= 15 is 0 Å². The third kappa shape index (κ3) is 3.65. The van der Waals surface area contributed by atoms with E-state index in [1.165, 1.54) is 0 Å². The van der Waals surface area contributed by atoms with Crippen molar-refractivity contribution in [3.8, 4) is 0 Å². The largest absolute Gasteiger partial charge is 0.379 e. The van der Waals surface area contributed by atoms with E-state index in [9.17, 15) is 0 Å². The van der Waals surface area contributed by atoms with Gasteiger partial charge in [-0.2, -0.15) is 0 Å². The van der Waals surface area contributed by atoms with Crippen molar-refractivity contribution < 1.29 is 4.74 Å². The van der Waals surface area contributed by atoms with Crippen molar-refractivity contribution in [3.63, 3.8) is 0 Å². The summed E-state index contributed by atoms with van der Waals surface area (Å²) >= 11 is 0. The quantitative estimate of drug-likeness (QED) is 0.836. The summed E-state index contributed by atoms with van der Waals surface area (Å²) in [4.78, 5) is 7.17. The van der Waals surface area contributed by atoms with Gasteiger partial charge in [0.1, 0.15) is 5.82 Å². The van der Waals surface area contributed by atoms with Crippen LogP contribution < -0.4 is 5.32 Å². The zero-order valence-electron chi connectivity index (χ0n) is 13.9. The second kappa shape index (κ2) is 7.38. The summed E-state index contributed by atoms with van der Waals surface area (Å²) in [6.45, 7) is 14.6. The van der Waals surface area contributed by atoms with E-state index in [1.807, 2.05) is 6.20 Å². The molecular weight excluding hydrogens is 264 g/mol. The highest BCUT2D eigenvalue weighted by molar-refractivity contribution is 5.09. The second-order valence-electron chi connectivity index (χ2n) is 6.21. The number of morpholine rings is 1. The van der Waals surface area contributed by atoms with Gasteiger partial charge >= 0.3 is 0 Å². The number of aryl methyl sites for hydroxylation is 1. The summed E-state index contributed by atoms with van der Waals surface area (Å²) in [5.74, 6) is 1.14. The molecule has 120 valence electrons. The van der Waals surface area contributed by atoms with Gasteiger partial charge in [-0.25, -0.2) is 4.98 Å². The standard InChI is InChI=1S/C16H30N4O/c1-5-7-17-14(15-18-8-9-19(15)6-2)16(3,4)20-10-12-21-13-11-20/h8-9,14,17H,5-7,10-13H2,1-4H3.